The van der Waals surface area contributed by atoms with Crippen molar-refractivity contribution in [1.29, 1.82) is 0 Å². The van der Waals surface area contributed by atoms with Crippen molar-refractivity contribution in [2.45, 2.75) is 46.3 Å². The number of nitrogens with one attached hydrogen (secondary N) is 1. The Hall–Kier alpha value is -0.440. The lowest BCUT2D eigenvalue weighted by atomic mass is 10.2. The maximum atomic E-state index is 6.22. The van der Waals surface area contributed by atoms with Gasteiger partial charge in [0.1, 0.15) is 5.75 Å². The molecule has 0 aliphatic heterocycles. The smallest absolute Gasteiger partial charge is 0.142 e. The van der Waals surface area contributed by atoms with E-state index in [0.29, 0.717) is 16.6 Å². The van der Waals surface area contributed by atoms with Crippen LogP contribution in [-0.4, -0.2) is 12.6 Å². The number of benzene rings is 1. The highest BCUT2D eigenvalue weighted by Crippen LogP contribution is 2.33. The molecule has 0 saturated carbocycles. The number of hydrogen-bond acceptors (Lipinski definition) is 2. The molecule has 0 aliphatic carbocycles. The van der Waals surface area contributed by atoms with E-state index in [-0.39, 0.29) is 6.10 Å². The van der Waals surface area contributed by atoms with Gasteiger partial charge in [-0.15, -0.1) is 0 Å². The summed E-state index contributed by atoms with van der Waals surface area (Å²) in [5, 5.41) is 4.49. The molecule has 0 saturated heterocycles. The first-order valence-electron chi connectivity index (χ1n) is 6.43. The van der Waals surface area contributed by atoms with Gasteiger partial charge < -0.3 is 10.1 Å². The van der Waals surface area contributed by atoms with E-state index in [0.717, 1.165) is 30.7 Å². The standard InChI is InChI=1S/C14H21Cl2NO/c1-4-6-10(3)18-14-11(9-17-5-2)7-12(15)8-13(14)16/h7-8,10,17H,4-6,9H2,1-3H3. The zero-order chi connectivity index (χ0) is 13.5. The first-order chi connectivity index (χ1) is 8.58. The summed E-state index contributed by atoms with van der Waals surface area (Å²) in [5.41, 5.74) is 1.01. The fourth-order valence-corrected chi connectivity index (χ4v) is 2.38. The molecular weight excluding hydrogens is 269 g/mol. The molecule has 1 unspecified atom stereocenters. The molecule has 0 radical (unpaired) electrons. The lowest BCUT2D eigenvalue weighted by Gasteiger charge is -2.19. The summed E-state index contributed by atoms with van der Waals surface area (Å²) in [5.74, 6) is 0.753. The van der Waals surface area contributed by atoms with Gasteiger partial charge in [0.15, 0.2) is 0 Å². The Labute approximate surface area is 120 Å². The topological polar surface area (TPSA) is 21.3 Å². The van der Waals surface area contributed by atoms with Crippen LogP contribution >= 0.6 is 23.2 Å². The molecule has 0 amide bonds. The molecule has 0 bridgehead atoms. The summed E-state index contributed by atoms with van der Waals surface area (Å²) in [6.07, 6.45) is 2.27. The van der Waals surface area contributed by atoms with Gasteiger partial charge in [-0.25, -0.2) is 0 Å². The van der Waals surface area contributed by atoms with Crippen LogP contribution in [0.2, 0.25) is 10.0 Å². The van der Waals surface area contributed by atoms with Gasteiger partial charge in [0.25, 0.3) is 0 Å². The van der Waals surface area contributed by atoms with E-state index < -0.39 is 0 Å². The van der Waals surface area contributed by atoms with Gasteiger partial charge in [-0.1, -0.05) is 43.5 Å². The molecule has 0 spiro atoms. The Morgan fingerprint density at radius 2 is 2.00 bits per heavy atom. The Bertz CT molecular complexity index is 382. The molecular formula is C14H21Cl2NO. The largest absolute Gasteiger partial charge is 0.489 e. The van der Waals surface area contributed by atoms with E-state index in [1.165, 1.54) is 0 Å². The molecule has 18 heavy (non-hydrogen) atoms. The van der Waals surface area contributed by atoms with Crippen molar-refractivity contribution in [3.63, 3.8) is 0 Å². The molecule has 2 nitrogen and oxygen atoms in total. The minimum absolute atomic E-state index is 0.161. The average molecular weight is 290 g/mol. The van der Waals surface area contributed by atoms with E-state index in [4.69, 9.17) is 27.9 Å². The summed E-state index contributed by atoms with van der Waals surface area (Å²) in [7, 11) is 0. The number of rotatable bonds is 7. The lowest BCUT2D eigenvalue weighted by Crippen LogP contribution is -2.16. The Balaban J connectivity index is 2.91. The van der Waals surface area contributed by atoms with Crippen LogP contribution in [0, 0.1) is 0 Å². The zero-order valence-corrected chi connectivity index (χ0v) is 12.7. The van der Waals surface area contributed by atoms with Crippen LogP contribution in [0.15, 0.2) is 12.1 Å². The van der Waals surface area contributed by atoms with Crippen LogP contribution in [0.5, 0.6) is 5.75 Å². The van der Waals surface area contributed by atoms with Gasteiger partial charge >= 0.3 is 0 Å². The van der Waals surface area contributed by atoms with E-state index >= 15 is 0 Å². The highest BCUT2D eigenvalue weighted by molar-refractivity contribution is 6.35. The molecule has 0 aliphatic rings. The summed E-state index contributed by atoms with van der Waals surface area (Å²) in [4.78, 5) is 0. The average Bonchev–Trinajstić information content (AvgIpc) is 2.30. The normalized spacial score (nSPS) is 12.5. The highest BCUT2D eigenvalue weighted by atomic mass is 35.5. The number of halogens is 2. The van der Waals surface area contributed by atoms with E-state index in [1.54, 1.807) is 6.07 Å². The first kappa shape index (κ1) is 15.6. The second-order valence-corrected chi connectivity index (χ2v) is 5.22. The minimum atomic E-state index is 0.161. The quantitative estimate of drug-likeness (QED) is 0.788. The van der Waals surface area contributed by atoms with Gasteiger partial charge in [0.2, 0.25) is 0 Å². The molecule has 0 aromatic heterocycles. The second kappa shape index (κ2) is 7.88. The highest BCUT2D eigenvalue weighted by Gasteiger charge is 2.13. The summed E-state index contributed by atoms with van der Waals surface area (Å²) < 4.78 is 5.94. The third kappa shape index (κ3) is 4.68. The monoisotopic (exact) mass is 289 g/mol. The van der Waals surface area contributed by atoms with Gasteiger partial charge in [-0.2, -0.15) is 0 Å². The van der Waals surface area contributed by atoms with Crippen molar-refractivity contribution in [3.05, 3.63) is 27.7 Å². The van der Waals surface area contributed by atoms with Crippen molar-refractivity contribution >= 4 is 23.2 Å². The molecule has 1 atom stereocenters. The number of hydrogen-bond donors (Lipinski definition) is 1. The summed E-state index contributed by atoms with van der Waals surface area (Å²) in [6, 6.07) is 3.64. The Kier molecular flexibility index (Phi) is 6.83. The fourth-order valence-electron chi connectivity index (χ4n) is 1.80. The maximum absolute atomic E-state index is 6.22. The predicted octanol–water partition coefficient (Wildman–Crippen LogP) is 4.67. The van der Waals surface area contributed by atoms with Crippen LogP contribution in [0.4, 0.5) is 0 Å². The molecule has 1 N–H and O–H groups in total. The van der Waals surface area contributed by atoms with Crippen molar-refractivity contribution in [3.8, 4) is 5.75 Å². The molecule has 4 heteroatoms. The second-order valence-electron chi connectivity index (χ2n) is 4.37. The summed E-state index contributed by atoms with van der Waals surface area (Å²) in [6.45, 7) is 7.87. The zero-order valence-electron chi connectivity index (χ0n) is 11.2. The van der Waals surface area contributed by atoms with Crippen molar-refractivity contribution in [2.75, 3.05) is 6.54 Å². The first-order valence-corrected chi connectivity index (χ1v) is 7.19. The number of ether oxygens (including phenoxy) is 1. The van der Waals surface area contributed by atoms with Crippen LogP contribution in [0.25, 0.3) is 0 Å². The van der Waals surface area contributed by atoms with Crippen LogP contribution in [0.1, 0.15) is 39.2 Å². The third-order valence-corrected chi connectivity index (χ3v) is 3.16. The Morgan fingerprint density at radius 3 is 2.61 bits per heavy atom. The maximum Gasteiger partial charge on any atom is 0.142 e. The fraction of sp³-hybridized carbons (Fsp3) is 0.571. The van der Waals surface area contributed by atoms with Crippen LogP contribution in [-0.2, 0) is 6.54 Å². The van der Waals surface area contributed by atoms with Crippen molar-refractivity contribution in [2.24, 2.45) is 0 Å². The SMILES string of the molecule is CCCC(C)Oc1c(Cl)cc(Cl)cc1CNCC. The van der Waals surface area contributed by atoms with Crippen molar-refractivity contribution in [1.82, 2.24) is 5.32 Å². The predicted molar refractivity (Wildman–Crippen MR) is 78.8 cm³/mol. The molecule has 102 valence electrons. The van der Waals surface area contributed by atoms with Crippen molar-refractivity contribution < 1.29 is 4.74 Å². The van der Waals surface area contributed by atoms with Gasteiger partial charge in [-0.05, 0) is 32.0 Å². The van der Waals surface area contributed by atoms with E-state index in [1.807, 2.05) is 6.07 Å². The summed E-state index contributed by atoms with van der Waals surface area (Å²) >= 11 is 12.3. The molecule has 1 aromatic rings. The van der Waals surface area contributed by atoms with Gasteiger partial charge in [-0.3, -0.25) is 0 Å². The van der Waals surface area contributed by atoms with Crippen LogP contribution < -0.4 is 10.1 Å². The molecule has 0 fully saturated rings. The molecule has 1 rings (SSSR count). The van der Waals surface area contributed by atoms with E-state index in [9.17, 15) is 0 Å². The van der Waals surface area contributed by atoms with Gasteiger partial charge in [0.05, 0.1) is 11.1 Å². The lowest BCUT2D eigenvalue weighted by molar-refractivity contribution is 0.207. The van der Waals surface area contributed by atoms with E-state index in [2.05, 4.69) is 26.1 Å². The minimum Gasteiger partial charge on any atom is -0.489 e. The van der Waals surface area contributed by atoms with Gasteiger partial charge in [0, 0.05) is 17.1 Å². The molecule has 1 aromatic carbocycles. The van der Waals surface area contributed by atoms with Crippen LogP contribution in [0.3, 0.4) is 0 Å². The molecule has 0 heterocycles. The Morgan fingerprint density at radius 1 is 1.28 bits per heavy atom. The third-order valence-electron chi connectivity index (χ3n) is 2.66.